The maximum absolute atomic E-state index is 13.0. The summed E-state index contributed by atoms with van der Waals surface area (Å²) in [6, 6.07) is 5.02. The molecule has 0 N–H and O–H groups in total. The molecule has 4 heteroatoms. The van der Waals surface area contributed by atoms with Crippen LogP contribution in [0.25, 0.3) is 0 Å². The maximum Gasteiger partial charge on any atom is 0.177 e. The van der Waals surface area contributed by atoms with Gasteiger partial charge in [-0.25, -0.2) is 8.78 Å². The summed E-state index contributed by atoms with van der Waals surface area (Å²) < 4.78 is 25.9. The zero-order valence-electron chi connectivity index (χ0n) is 9.17. The molecule has 0 fully saturated rings. The number of carbonyl (C=O) groups is 1. The summed E-state index contributed by atoms with van der Waals surface area (Å²) in [5, 5.41) is 1.83. The molecule has 0 bridgehead atoms. The molecule has 0 saturated heterocycles. The monoisotopic (exact) mass is 252 g/mol. The topological polar surface area (TPSA) is 17.1 Å². The van der Waals surface area contributed by atoms with Gasteiger partial charge in [-0.05, 0) is 41.6 Å². The average Bonchev–Trinajstić information content (AvgIpc) is 2.62. The predicted molar refractivity (Wildman–Crippen MR) is 63.4 cm³/mol. The molecule has 1 aromatic carbocycles. The van der Waals surface area contributed by atoms with E-state index < -0.39 is 11.6 Å². The molecule has 0 aliphatic rings. The summed E-state index contributed by atoms with van der Waals surface area (Å²) in [7, 11) is 0. The maximum atomic E-state index is 13.0. The van der Waals surface area contributed by atoms with Crippen LogP contribution in [0.5, 0.6) is 0 Å². The summed E-state index contributed by atoms with van der Waals surface area (Å²) >= 11 is 1.35. The van der Waals surface area contributed by atoms with Crippen LogP contribution in [0.4, 0.5) is 8.78 Å². The van der Waals surface area contributed by atoms with E-state index in [9.17, 15) is 13.6 Å². The smallest absolute Gasteiger partial charge is 0.177 e. The van der Waals surface area contributed by atoms with Gasteiger partial charge < -0.3 is 0 Å². The molecule has 0 saturated carbocycles. The second-order valence-electron chi connectivity index (χ2n) is 3.81. The SMILES string of the molecule is Cc1ccsc1C(=O)Cc1cc(F)cc(F)c1. The number of halogens is 2. The van der Waals surface area contributed by atoms with Gasteiger partial charge in [0.25, 0.3) is 0 Å². The molecular formula is C13H10F2OS. The van der Waals surface area contributed by atoms with Crippen molar-refractivity contribution in [3.05, 3.63) is 57.3 Å². The van der Waals surface area contributed by atoms with Crippen LogP contribution < -0.4 is 0 Å². The number of carbonyl (C=O) groups excluding carboxylic acids is 1. The number of ketones is 1. The molecule has 2 aromatic rings. The van der Waals surface area contributed by atoms with Crippen molar-refractivity contribution in [1.29, 1.82) is 0 Å². The second kappa shape index (κ2) is 4.75. The first-order valence-electron chi connectivity index (χ1n) is 5.08. The van der Waals surface area contributed by atoms with E-state index in [2.05, 4.69) is 0 Å². The van der Waals surface area contributed by atoms with Crippen molar-refractivity contribution < 1.29 is 13.6 Å². The molecule has 0 aliphatic heterocycles. The van der Waals surface area contributed by atoms with Crippen molar-refractivity contribution in [2.24, 2.45) is 0 Å². The summed E-state index contributed by atoms with van der Waals surface area (Å²) in [4.78, 5) is 12.5. The quantitative estimate of drug-likeness (QED) is 0.760. The van der Waals surface area contributed by atoms with Crippen LogP contribution in [0.1, 0.15) is 20.8 Å². The third kappa shape index (κ3) is 2.77. The molecule has 0 atom stereocenters. The Morgan fingerprint density at radius 1 is 1.24 bits per heavy atom. The van der Waals surface area contributed by atoms with Crippen LogP contribution in [0.3, 0.4) is 0 Å². The second-order valence-corrected chi connectivity index (χ2v) is 4.73. The standard InChI is InChI=1S/C13H10F2OS/c1-8-2-3-17-13(8)12(16)6-9-4-10(14)7-11(15)5-9/h2-5,7H,6H2,1H3. The van der Waals surface area contributed by atoms with E-state index in [1.807, 2.05) is 18.4 Å². The summed E-state index contributed by atoms with van der Waals surface area (Å²) in [5.74, 6) is -1.42. The molecule has 2 rings (SSSR count). The number of rotatable bonds is 3. The highest BCUT2D eigenvalue weighted by molar-refractivity contribution is 7.12. The fourth-order valence-corrected chi connectivity index (χ4v) is 2.50. The molecule has 0 spiro atoms. The Hall–Kier alpha value is -1.55. The van der Waals surface area contributed by atoms with Gasteiger partial charge in [-0.15, -0.1) is 11.3 Å². The summed E-state index contributed by atoms with van der Waals surface area (Å²) in [6.07, 6.45) is 0.0238. The van der Waals surface area contributed by atoms with Gasteiger partial charge in [0.2, 0.25) is 0 Å². The van der Waals surface area contributed by atoms with Crippen molar-refractivity contribution >= 4 is 17.1 Å². The van der Waals surface area contributed by atoms with Crippen molar-refractivity contribution in [2.45, 2.75) is 13.3 Å². The van der Waals surface area contributed by atoms with E-state index in [-0.39, 0.29) is 12.2 Å². The molecule has 0 radical (unpaired) electrons. The first-order chi connectivity index (χ1) is 8.06. The highest BCUT2D eigenvalue weighted by Crippen LogP contribution is 2.19. The first kappa shape index (κ1) is 11.9. The Bertz CT molecular complexity index is 540. The third-order valence-corrected chi connectivity index (χ3v) is 3.46. The lowest BCUT2D eigenvalue weighted by Crippen LogP contribution is -2.03. The van der Waals surface area contributed by atoms with Crippen LogP contribution >= 0.6 is 11.3 Å². The minimum atomic E-state index is -0.657. The number of thiophene rings is 1. The molecule has 1 nitrogen and oxygen atoms in total. The molecule has 1 aromatic heterocycles. The Labute approximate surface area is 102 Å². The fourth-order valence-electron chi connectivity index (χ4n) is 1.64. The van der Waals surface area contributed by atoms with Crippen LogP contribution in [-0.2, 0) is 6.42 Å². The number of hydrogen-bond donors (Lipinski definition) is 0. The van der Waals surface area contributed by atoms with E-state index in [1.54, 1.807) is 0 Å². The summed E-state index contributed by atoms with van der Waals surface area (Å²) in [5.41, 5.74) is 1.26. The Kier molecular flexibility index (Phi) is 3.33. The molecule has 0 amide bonds. The summed E-state index contributed by atoms with van der Waals surface area (Å²) in [6.45, 7) is 1.84. The molecular weight excluding hydrogens is 242 g/mol. The lowest BCUT2D eigenvalue weighted by atomic mass is 10.1. The van der Waals surface area contributed by atoms with Crippen LogP contribution in [0.2, 0.25) is 0 Å². The van der Waals surface area contributed by atoms with Gasteiger partial charge >= 0.3 is 0 Å². The number of aryl methyl sites for hydroxylation is 1. The van der Waals surface area contributed by atoms with Gasteiger partial charge in [-0.1, -0.05) is 0 Å². The third-order valence-electron chi connectivity index (χ3n) is 2.40. The van der Waals surface area contributed by atoms with Gasteiger partial charge in [-0.3, -0.25) is 4.79 Å². The lowest BCUT2D eigenvalue weighted by Gasteiger charge is -2.01. The van der Waals surface area contributed by atoms with Crippen molar-refractivity contribution in [2.75, 3.05) is 0 Å². The van der Waals surface area contributed by atoms with Crippen molar-refractivity contribution in [3.8, 4) is 0 Å². The van der Waals surface area contributed by atoms with Gasteiger partial charge in [-0.2, -0.15) is 0 Å². The molecule has 0 aliphatic carbocycles. The van der Waals surface area contributed by atoms with E-state index in [0.29, 0.717) is 10.4 Å². The van der Waals surface area contributed by atoms with Gasteiger partial charge in [0.05, 0.1) is 4.88 Å². The molecule has 88 valence electrons. The van der Waals surface area contributed by atoms with Crippen molar-refractivity contribution in [3.63, 3.8) is 0 Å². The zero-order valence-corrected chi connectivity index (χ0v) is 9.98. The fraction of sp³-hybridized carbons (Fsp3) is 0.154. The Balaban J connectivity index is 2.21. The minimum Gasteiger partial charge on any atom is -0.293 e. The predicted octanol–water partition coefficient (Wildman–Crippen LogP) is 3.76. The van der Waals surface area contributed by atoms with E-state index >= 15 is 0 Å². The average molecular weight is 252 g/mol. The van der Waals surface area contributed by atoms with Gasteiger partial charge in [0.15, 0.2) is 5.78 Å². The van der Waals surface area contributed by atoms with Gasteiger partial charge in [0.1, 0.15) is 11.6 Å². The van der Waals surface area contributed by atoms with Crippen LogP contribution in [0, 0.1) is 18.6 Å². The number of Topliss-reactive ketones (excluding diaryl/α,β-unsaturated/α-hetero) is 1. The van der Waals surface area contributed by atoms with Crippen LogP contribution in [0.15, 0.2) is 29.6 Å². The highest BCUT2D eigenvalue weighted by Gasteiger charge is 2.12. The van der Waals surface area contributed by atoms with Crippen LogP contribution in [-0.4, -0.2) is 5.78 Å². The lowest BCUT2D eigenvalue weighted by molar-refractivity contribution is 0.0996. The molecule has 17 heavy (non-hydrogen) atoms. The number of hydrogen-bond acceptors (Lipinski definition) is 2. The Morgan fingerprint density at radius 2 is 1.88 bits per heavy atom. The normalized spacial score (nSPS) is 10.5. The Morgan fingerprint density at radius 3 is 2.41 bits per heavy atom. The highest BCUT2D eigenvalue weighted by atomic mass is 32.1. The van der Waals surface area contributed by atoms with E-state index in [0.717, 1.165) is 11.6 Å². The largest absolute Gasteiger partial charge is 0.293 e. The number of benzene rings is 1. The molecule has 1 heterocycles. The van der Waals surface area contributed by atoms with E-state index in [1.165, 1.54) is 23.5 Å². The molecule has 0 unspecified atom stereocenters. The van der Waals surface area contributed by atoms with E-state index in [4.69, 9.17) is 0 Å². The van der Waals surface area contributed by atoms with Crippen molar-refractivity contribution in [1.82, 2.24) is 0 Å². The minimum absolute atomic E-state index is 0.0238. The zero-order chi connectivity index (χ0) is 12.4. The first-order valence-corrected chi connectivity index (χ1v) is 5.96. The van der Waals surface area contributed by atoms with Gasteiger partial charge in [0, 0.05) is 12.5 Å².